The summed E-state index contributed by atoms with van der Waals surface area (Å²) in [6.45, 7) is 8.03. The highest BCUT2D eigenvalue weighted by atomic mass is 16.5. The maximum atomic E-state index is 10.4. The molecule has 1 atom stereocenters. The van der Waals surface area contributed by atoms with Crippen LogP contribution in [0.3, 0.4) is 0 Å². The Kier molecular flexibility index (Phi) is 4.56. The number of allylic oxidation sites excluding steroid dienone is 1. The van der Waals surface area contributed by atoms with Crippen molar-refractivity contribution in [3.8, 4) is 5.75 Å². The maximum absolute atomic E-state index is 10.4. The SMILES string of the molecule is C=CCCC(C)(O)c1ccccc1OCC. The normalized spacial score (nSPS) is 14.2. The molecular weight excluding hydrogens is 200 g/mol. The molecule has 1 aromatic rings. The van der Waals surface area contributed by atoms with Crippen LogP contribution in [0, 0.1) is 0 Å². The van der Waals surface area contributed by atoms with Gasteiger partial charge in [0.05, 0.1) is 12.2 Å². The first-order valence-electron chi connectivity index (χ1n) is 5.67. The number of para-hydroxylation sites is 1. The smallest absolute Gasteiger partial charge is 0.125 e. The molecule has 0 spiro atoms. The zero-order valence-corrected chi connectivity index (χ0v) is 10.1. The van der Waals surface area contributed by atoms with E-state index in [4.69, 9.17) is 4.74 Å². The highest BCUT2D eigenvalue weighted by molar-refractivity contribution is 5.37. The molecular formula is C14H20O2. The fraction of sp³-hybridized carbons (Fsp3) is 0.429. The average Bonchev–Trinajstić information content (AvgIpc) is 2.27. The van der Waals surface area contributed by atoms with Crippen molar-refractivity contribution in [2.24, 2.45) is 0 Å². The van der Waals surface area contributed by atoms with Crippen molar-refractivity contribution < 1.29 is 9.84 Å². The lowest BCUT2D eigenvalue weighted by molar-refractivity contribution is 0.0457. The molecule has 0 saturated carbocycles. The van der Waals surface area contributed by atoms with Crippen molar-refractivity contribution in [2.75, 3.05) is 6.61 Å². The summed E-state index contributed by atoms with van der Waals surface area (Å²) in [5.74, 6) is 0.763. The van der Waals surface area contributed by atoms with E-state index in [1.807, 2.05) is 44.2 Å². The third-order valence-corrected chi connectivity index (χ3v) is 2.60. The van der Waals surface area contributed by atoms with Gasteiger partial charge >= 0.3 is 0 Å². The van der Waals surface area contributed by atoms with Crippen LogP contribution in [0.2, 0.25) is 0 Å². The van der Waals surface area contributed by atoms with Gasteiger partial charge < -0.3 is 9.84 Å². The number of benzene rings is 1. The minimum Gasteiger partial charge on any atom is -0.493 e. The summed E-state index contributed by atoms with van der Waals surface area (Å²) in [6, 6.07) is 7.63. The maximum Gasteiger partial charge on any atom is 0.125 e. The van der Waals surface area contributed by atoms with Gasteiger partial charge in [-0.3, -0.25) is 0 Å². The predicted molar refractivity (Wildman–Crippen MR) is 66.6 cm³/mol. The highest BCUT2D eigenvalue weighted by Crippen LogP contribution is 2.33. The molecule has 2 nitrogen and oxygen atoms in total. The van der Waals surface area contributed by atoms with E-state index in [0.29, 0.717) is 13.0 Å². The third-order valence-electron chi connectivity index (χ3n) is 2.60. The second kappa shape index (κ2) is 5.71. The van der Waals surface area contributed by atoms with Crippen LogP contribution < -0.4 is 4.74 Å². The molecule has 16 heavy (non-hydrogen) atoms. The monoisotopic (exact) mass is 220 g/mol. The van der Waals surface area contributed by atoms with Gasteiger partial charge in [0.25, 0.3) is 0 Å². The quantitative estimate of drug-likeness (QED) is 0.746. The minimum atomic E-state index is -0.861. The van der Waals surface area contributed by atoms with Crippen molar-refractivity contribution in [3.63, 3.8) is 0 Å². The van der Waals surface area contributed by atoms with E-state index in [2.05, 4.69) is 6.58 Å². The number of aliphatic hydroxyl groups is 1. The van der Waals surface area contributed by atoms with Gasteiger partial charge in [0.1, 0.15) is 5.75 Å². The van der Waals surface area contributed by atoms with E-state index in [9.17, 15) is 5.11 Å². The molecule has 2 heteroatoms. The van der Waals surface area contributed by atoms with Crippen molar-refractivity contribution in [2.45, 2.75) is 32.3 Å². The molecule has 0 aromatic heterocycles. The van der Waals surface area contributed by atoms with Gasteiger partial charge in [-0.15, -0.1) is 6.58 Å². The van der Waals surface area contributed by atoms with Crippen molar-refractivity contribution in [1.29, 1.82) is 0 Å². The first-order chi connectivity index (χ1) is 7.61. The average molecular weight is 220 g/mol. The van der Waals surface area contributed by atoms with Crippen LogP contribution in [-0.2, 0) is 5.60 Å². The predicted octanol–water partition coefficient (Wildman–Crippen LogP) is 3.26. The van der Waals surface area contributed by atoms with Gasteiger partial charge in [0.15, 0.2) is 0 Å². The first kappa shape index (κ1) is 12.8. The second-order valence-corrected chi connectivity index (χ2v) is 4.03. The topological polar surface area (TPSA) is 29.5 Å². The van der Waals surface area contributed by atoms with E-state index in [1.54, 1.807) is 0 Å². The van der Waals surface area contributed by atoms with Crippen LogP contribution in [0.1, 0.15) is 32.3 Å². The molecule has 1 rings (SSSR count). The Morgan fingerprint density at radius 3 is 2.75 bits per heavy atom. The Hall–Kier alpha value is -1.28. The second-order valence-electron chi connectivity index (χ2n) is 4.03. The molecule has 0 aliphatic rings. The molecule has 0 aliphatic heterocycles. The molecule has 88 valence electrons. The summed E-state index contributed by atoms with van der Waals surface area (Å²) in [5, 5.41) is 10.4. The summed E-state index contributed by atoms with van der Waals surface area (Å²) < 4.78 is 5.52. The molecule has 1 N–H and O–H groups in total. The zero-order valence-electron chi connectivity index (χ0n) is 10.1. The molecule has 0 heterocycles. The van der Waals surface area contributed by atoms with Gasteiger partial charge in [0, 0.05) is 5.56 Å². The summed E-state index contributed by atoms with van der Waals surface area (Å²) in [6.07, 6.45) is 3.26. The van der Waals surface area contributed by atoms with E-state index >= 15 is 0 Å². The Morgan fingerprint density at radius 1 is 1.44 bits per heavy atom. The molecule has 0 saturated heterocycles. The molecule has 0 aliphatic carbocycles. The Bertz CT molecular complexity index is 342. The van der Waals surface area contributed by atoms with Crippen molar-refractivity contribution in [3.05, 3.63) is 42.5 Å². The summed E-state index contributed by atoms with van der Waals surface area (Å²) in [5.41, 5.74) is -0.0151. The van der Waals surface area contributed by atoms with Crippen LogP contribution in [-0.4, -0.2) is 11.7 Å². The lowest BCUT2D eigenvalue weighted by Gasteiger charge is -2.25. The largest absolute Gasteiger partial charge is 0.493 e. The summed E-state index contributed by atoms with van der Waals surface area (Å²) >= 11 is 0. The Morgan fingerprint density at radius 2 is 2.12 bits per heavy atom. The van der Waals surface area contributed by atoms with Crippen LogP contribution in [0.4, 0.5) is 0 Å². The van der Waals surface area contributed by atoms with E-state index < -0.39 is 5.60 Å². The number of hydrogen-bond donors (Lipinski definition) is 1. The van der Waals surface area contributed by atoms with Crippen LogP contribution in [0.25, 0.3) is 0 Å². The molecule has 1 unspecified atom stereocenters. The van der Waals surface area contributed by atoms with Crippen LogP contribution in [0.5, 0.6) is 5.75 Å². The Balaban J connectivity index is 2.95. The molecule has 0 amide bonds. The zero-order chi connectivity index (χ0) is 12.0. The van der Waals surface area contributed by atoms with Gasteiger partial charge in [-0.25, -0.2) is 0 Å². The minimum absolute atomic E-state index is 0.606. The molecule has 0 radical (unpaired) electrons. The molecule has 0 fully saturated rings. The molecule has 0 bridgehead atoms. The van der Waals surface area contributed by atoms with Gasteiger partial charge in [-0.2, -0.15) is 0 Å². The lowest BCUT2D eigenvalue weighted by Crippen LogP contribution is -2.21. The van der Waals surface area contributed by atoms with E-state index in [1.165, 1.54) is 0 Å². The fourth-order valence-electron chi connectivity index (χ4n) is 1.71. The van der Waals surface area contributed by atoms with Crippen LogP contribution >= 0.6 is 0 Å². The van der Waals surface area contributed by atoms with Crippen LogP contribution in [0.15, 0.2) is 36.9 Å². The number of hydrogen-bond acceptors (Lipinski definition) is 2. The van der Waals surface area contributed by atoms with Gasteiger partial charge in [-0.05, 0) is 32.8 Å². The highest BCUT2D eigenvalue weighted by Gasteiger charge is 2.25. The Labute approximate surface area is 97.6 Å². The third kappa shape index (κ3) is 3.11. The number of ether oxygens (including phenoxy) is 1. The van der Waals surface area contributed by atoms with Gasteiger partial charge in [0.2, 0.25) is 0 Å². The standard InChI is InChI=1S/C14H20O2/c1-4-6-11-14(3,15)12-9-7-8-10-13(12)16-5-2/h4,7-10,15H,1,5-6,11H2,2-3H3. The lowest BCUT2D eigenvalue weighted by atomic mass is 9.90. The van der Waals surface area contributed by atoms with E-state index in [0.717, 1.165) is 17.7 Å². The summed E-state index contributed by atoms with van der Waals surface area (Å²) in [4.78, 5) is 0. The van der Waals surface area contributed by atoms with Crippen molar-refractivity contribution in [1.82, 2.24) is 0 Å². The summed E-state index contributed by atoms with van der Waals surface area (Å²) in [7, 11) is 0. The fourth-order valence-corrected chi connectivity index (χ4v) is 1.71. The number of rotatable bonds is 6. The van der Waals surface area contributed by atoms with Gasteiger partial charge in [-0.1, -0.05) is 24.3 Å². The van der Waals surface area contributed by atoms with Crippen molar-refractivity contribution >= 4 is 0 Å². The first-order valence-corrected chi connectivity index (χ1v) is 5.67. The molecule has 1 aromatic carbocycles. The van der Waals surface area contributed by atoms with E-state index in [-0.39, 0.29) is 0 Å².